The zero-order valence-electron chi connectivity index (χ0n) is 26.5. The molecule has 0 radical (unpaired) electrons. The van der Waals surface area contributed by atoms with E-state index in [1.165, 1.54) is 5.56 Å². The zero-order chi connectivity index (χ0) is 32.4. The molecule has 6 nitrogen and oxygen atoms in total. The highest BCUT2D eigenvalue weighted by molar-refractivity contribution is 5.89. The first-order chi connectivity index (χ1) is 21.8. The number of esters is 2. The van der Waals surface area contributed by atoms with Crippen molar-refractivity contribution in [1.82, 2.24) is 0 Å². The molecule has 0 aromatic heterocycles. The first kappa shape index (κ1) is 35.6. The lowest BCUT2D eigenvalue weighted by atomic mass is 9.83. The summed E-state index contributed by atoms with van der Waals surface area (Å²) in [4.78, 5) is 24.6. The van der Waals surface area contributed by atoms with Crippen LogP contribution in [-0.2, 0) is 16.0 Å². The average Bonchev–Trinajstić information content (AvgIpc) is 3.31. The maximum absolute atomic E-state index is 12.3. The first-order valence-corrected chi connectivity index (χ1v) is 16.2. The lowest BCUT2D eigenvalue weighted by Gasteiger charge is -2.24. The van der Waals surface area contributed by atoms with Crippen LogP contribution in [0.1, 0.15) is 87.1 Å². The standard InChI is InChI=1S/C39H48O6/c1-4-13-31(14-5-2)28-44-39(43)32-20-24-34(25-21-32)45-38(42)18-12-7-6-11-17-36-35(29(3)27-37(36)41)26-23-33(40)22-19-30-15-9-8-10-16-30/h1-2,6,8-11,15-16,20-21,24-25,29,31,33,35-37,40-41H,7,12-14,17-19,22-23,26-28H2,3H3/b11-6-/t29-,33+,35+,36-,37+/m1/s1. The Hall–Kier alpha value is -3.84. The summed E-state index contributed by atoms with van der Waals surface area (Å²) in [6.07, 6.45) is 21.7. The number of hydrogen-bond donors (Lipinski definition) is 2. The topological polar surface area (TPSA) is 93.1 Å². The van der Waals surface area contributed by atoms with Gasteiger partial charge in [0.2, 0.25) is 0 Å². The van der Waals surface area contributed by atoms with Crippen molar-refractivity contribution in [3.63, 3.8) is 0 Å². The molecule has 0 bridgehead atoms. The Labute approximate surface area is 269 Å². The molecule has 0 aliphatic heterocycles. The lowest BCUT2D eigenvalue weighted by Crippen LogP contribution is -2.21. The van der Waals surface area contributed by atoms with Crippen LogP contribution < -0.4 is 4.74 Å². The number of hydrogen-bond acceptors (Lipinski definition) is 6. The number of aliphatic hydroxyl groups is 2. The minimum absolute atomic E-state index is 0.0746. The van der Waals surface area contributed by atoms with E-state index < -0.39 is 5.97 Å². The van der Waals surface area contributed by atoms with Crippen LogP contribution in [0.3, 0.4) is 0 Å². The molecule has 0 amide bonds. The molecule has 2 aromatic rings. The van der Waals surface area contributed by atoms with Gasteiger partial charge >= 0.3 is 11.9 Å². The number of aliphatic hydroxyl groups excluding tert-OH is 2. The molecule has 1 fully saturated rings. The van der Waals surface area contributed by atoms with Crippen LogP contribution in [0.15, 0.2) is 66.7 Å². The summed E-state index contributed by atoms with van der Waals surface area (Å²) >= 11 is 0. The molecular weight excluding hydrogens is 564 g/mol. The van der Waals surface area contributed by atoms with E-state index in [2.05, 4.69) is 43.0 Å². The monoisotopic (exact) mass is 612 g/mol. The Balaban J connectivity index is 1.33. The summed E-state index contributed by atoms with van der Waals surface area (Å²) in [5.41, 5.74) is 1.60. The number of ether oxygens (including phenoxy) is 2. The van der Waals surface area contributed by atoms with Gasteiger partial charge in [-0.3, -0.25) is 4.79 Å². The maximum atomic E-state index is 12.3. The van der Waals surface area contributed by atoms with Crippen LogP contribution in [0.5, 0.6) is 5.75 Å². The van der Waals surface area contributed by atoms with E-state index in [0.29, 0.717) is 42.4 Å². The number of carbonyl (C=O) groups excluding carboxylic acids is 2. The molecule has 2 N–H and O–H groups in total. The molecule has 3 rings (SSSR count). The Kier molecular flexibility index (Phi) is 15.5. The second-order valence-electron chi connectivity index (χ2n) is 12.2. The molecule has 1 aliphatic carbocycles. The second-order valence-corrected chi connectivity index (χ2v) is 12.2. The van der Waals surface area contributed by atoms with Gasteiger partial charge in [0.15, 0.2) is 0 Å². The summed E-state index contributed by atoms with van der Waals surface area (Å²) in [5.74, 6) is 5.56. The Morgan fingerprint density at radius 1 is 1.00 bits per heavy atom. The van der Waals surface area contributed by atoms with Crippen LogP contribution in [0.2, 0.25) is 0 Å². The van der Waals surface area contributed by atoms with E-state index >= 15 is 0 Å². The first-order valence-electron chi connectivity index (χ1n) is 16.2. The van der Waals surface area contributed by atoms with Gasteiger partial charge in [0, 0.05) is 25.2 Å². The molecule has 1 saturated carbocycles. The van der Waals surface area contributed by atoms with Gasteiger partial charge in [-0.05, 0) is 98.9 Å². The molecule has 0 unspecified atom stereocenters. The summed E-state index contributed by atoms with van der Waals surface area (Å²) in [5, 5.41) is 21.3. The Morgan fingerprint density at radius 3 is 2.40 bits per heavy atom. The van der Waals surface area contributed by atoms with E-state index in [1.54, 1.807) is 24.3 Å². The molecule has 240 valence electrons. The summed E-state index contributed by atoms with van der Waals surface area (Å²) in [6.45, 7) is 2.36. The van der Waals surface area contributed by atoms with Crippen molar-refractivity contribution in [3.05, 3.63) is 77.9 Å². The van der Waals surface area contributed by atoms with Crippen LogP contribution in [-0.4, -0.2) is 41.0 Å². The SMILES string of the molecule is C#CCC(CC#C)COC(=O)c1ccc(OC(=O)CCC/C=C\C[C@@H]2[C@@H](CC[C@@H](O)CCc3ccccc3)[C@H](C)C[C@@H]2O)cc1. The summed E-state index contributed by atoms with van der Waals surface area (Å²) < 4.78 is 10.7. The molecule has 0 saturated heterocycles. The quantitative estimate of drug-likeness (QED) is 0.0623. The van der Waals surface area contributed by atoms with Crippen molar-refractivity contribution < 1.29 is 29.3 Å². The van der Waals surface area contributed by atoms with E-state index in [-0.39, 0.29) is 43.0 Å². The average molecular weight is 613 g/mol. The van der Waals surface area contributed by atoms with Gasteiger partial charge in [-0.1, -0.05) is 49.4 Å². The third-order valence-corrected chi connectivity index (χ3v) is 8.74. The fourth-order valence-corrected chi connectivity index (χ4v) is 6.15. The number of terminal acetylenes is 2. The van der Waals surface area contributed by atoms with Crippen LogP contribution in [0.25, 0.3) is 0 Å². The van der Waals surface area contributed by atoms with Crippen molar-refractivity contribution in [2.24, 2.45) is 23.7 Å². The zero-order valence-corrected chi connectivity index (χ0v) is 26.5. The van der Waals surface area contributed by atoms with Gasteiger partial charge in [-0.2, -0.15) is 0 Å². The van der Waals surface area contributed by atoms with Gasteiger partial charge in [0.25, 0.3) is 0 Å². The van der Waals surface area contributed by atoms with Crippen molar-refractivity contribution in [2.75, 3.05) is 6.61 Å². The molecule has 0 spiro atoms. The van der Waals surface area contributed by atoms with Gasteiger partial charge in [0.05, 0.1) is 24.4 Å². The van der Waals surface area contributed by atoms with Gasteiger partial charge < -0.3 is 19.7 Å². The smallest absolute Gasteiger partial charge is 0.338 e. The maximum Gasteiger partial charge on any atom is 0.338 e. The Morgan fingerprint density at radius 2 is 1.71 bits per heavy atom. The predicted molar refractivity (Wildman–Crippen MR) is 177 cm³/mol. The second kappa shape index (κ2) is 19.5. The Bertz CT molecular complexity index is 1270. The van der Waals surface area contributed by atoms with Gasteiger partial charge in [0.1, 0.15) is 5.75 Å². The number of carbonyl (C=O) groups is 2. The third-order valence-electron chi connectivity index (χ3n) is 8.74. The number of rotatable bonds is 18. The van der Waals surface area contributed by atoms with Gasteiger partial charge in [-0.15, -0.1) is 24.7 Å². The molecule has 1 aliphatic rings. The molecule has 5 atom stereocenters. The molecular formula is C39H48O6. The minimum Gasteiger partial charge on any atom is -0.462 e. The summed E-state index contributed by atoms with van der Waals surface area (Å²) in [6, 6.07) is 16.5. The largest absolute Gasteiger partial charge is 0.462 e. The number of aryl methyl sites for hydroxylation is 1. The van der Waals surface area contributed by atoms with E-state index in [1.807, 2.05) is 18.2 Å². The third kappa shape index (κ3) is 12.6. The number of allylic oxidation sites excluding steroid dienone is 2. The van der Waals surface area contributed by atoms with Crippen molar-refractivity contribution in [2.45, 2.75) is 89.8 Å². The van der Waals surface area contributed by atoms with Gasteiger partial charge in [-0.25, -0.2) is 4.79 Å². The van der Waals surface area contributed by atoms with E-state index in [4.69, 9.17) is 22.3 Å². The fraction of sp³-hybridized carbons (Fsp3) is 0.487. The lowest BCUT2D eigenvalue weighted by molar-refractivity contribution is -0.134. The highest BCUT2D eigenvalue weighted by Gasteiger charge is 2.39. The van der Waals surface area contributed by atoms with Crippen LogP contribution in [0, 0.1) is 48.4 Å². The minimum atomic E-state index is -0.485. The van der Waals surface area contributed by atoms with Crippen molar-refractivity contribution in [3.8, 4) is 30.4 Å². The summed E-state index contributed by atoms with van der Waals surface area (Å²) in [7, 11) is 0. The highest BCUT2D eigenvalue weighted by atomic mass is 16.5. The normalized spacial score (nSPS) is 20.0. The van der Waals surface area contributed by atoms with Crippen LogP contribution >= 0.6 is 0 Å². The molecule has 45 heavy (non-hydrogen) atoms. The molecule has 2 aromatic carbocycles. The highest BCUT2D eigenvalue weighted by Crippen LogP contribution is 2.42. The number of benzene rings is 2. The van der Waals surface area contributed by atoms with E-state index in [9.17, 15) is 19.8 Å². The van der Waals surface area contributed by atoms with Crippen LogP contribution in [0.4, 0.5) is 0 Å². The molecule has 6 heteroatoms. The van der Waals surface area contributed by atoms with Crippen molar-refractivity contribution in [1.29, 1.82) is 0 Å². The number of unbranched alkanes of at least 4 members (excludes halogenated alkanes) is 1. The molecule has 0 heterocycles. The van der Waals surface area contributed by atoms with Crippen molar-refractivity contribution >= 4 is 11.9 Å². The predicted octanol–water partition coefficient (Wildman–Crippen LogP) is 6.94. The fourth-order valence-electron chi connectivity index (χ4n) is 6.15. The van der Waals surface area contributed by atoms with E-state index in [0.717, 1.165) is 44.9 Å².